The third-order valence-corrected chi connectivity index (χ3v) is 3.51. The van der Waals surface area contributed by atoms with Gasteiger partial charge in [-0.2, -0.15) is 0 Å². The molecule has 0 aliphatic carbocycles. The van der Waals surface area contributed by atoms with E-state index in [1.165, 1.54) is 11.3 Å². The van der Waals surface area contributed by atoms with Crippen molar-refractivity contribution in [2.24, 2.45) is 7.05 Å². The number of hydrogen-bond acceptors (Lipinski definition) is 4. The van der Waals surface area contributed by atoms with E-state index in [4.69, 9.17) is 5.73 Å². The molecule has 4 nitrogen and oxygen atoms in total. The summed E-state index contributed by atoms with van der Waals surface area (Å²) in [5.74, 6) is 1.01. The third kappa shape index (κ3) is 1.78. The predicted octanol–water partition coefficient (Wildman–Crippen LogP) is 2.20. The van der Waals surface area contributed by atoms with Crippen molar-refractivity contribution in [3.05, 3.63) is 41.2 Å². The Labute approximate surface area is 103 Å². The molecule has 0 fully saturated rings. The molecular formula is C12H12N4S. The van der Waals surface area contributed by atoms with Crippen LogP contribution in [0.25, 0.3) is 11.0 Å². The summed E-state index contributed by atoms with van der Waals surface area (Å²) in [5, 5.41) is 2.59. The molecule has 0 spiro atoms. The van der Waals surface area contributed by atoms with E-state index in [2.05, 4.69) is 20.6 Å². The number of benzene rings is 1. The van der Waals surface area contributed by atoms with Crippen molar-refractivity contribution in [2.75, 3.05) is 5.73 Å². The second-order valence-corrected chi connectivity index (χ2v) is 4.82. The van der Waals surface area contributed by atoms with Crippen LogP contribution in [-0.2, 0) is 13.5 Å². The molecule has 2 heterocycles. The van der Waals surface area contributed by atoms with E-state index in [1.54, 1.807) is 0 Å². The van der Waals surface area contributed by atoms with Gasteiger partial charge < -0.3 is 10.3 Å². The lowest BCUT2D eigenvalue weighted by Gasteiger charge is -1.99. The maximum atomic E-state index is 5.63. The highest BCUT2D eigenvalue weighted by Gasteiger charge is 2.09. The van der Waals surface area contributed by atoms with E-state index in [1.807, 2.05) is 30.6 Å². The molecule has 17 heavy (non-hydrogen) atoms. The summed E-state index contributed by atoms with van der Waals surface area (Å²) in [5.41, 5.74) is 8.77. The van der Waals surface area contributed by atoms with Gasteiger partial charge in [-0.1, -0.05) is 12.1 Å². The number of aryl methyl sites for hydroxylation is 1. The van der Waals surface area contributed by atoms with Crippen LogP contribution in [0.15, 0.2) is 29.6 Å². The lowest BCUT2D eigenvalue weighted by molar-refractivity contribution is 0.836. The van der Waals surface area contributed by atoms with E-state index >= 15 is 0 Å². The number of thiazole rings is 1. The van der Waals surface area contributed by atoms with Gasteiger partial charge in [-0.25, -0.2) is 9.97 Å². The summed E-state index contributed by atoms with van der Waals surface area (Å²) in [6, 6.07) is 8.12. The Morgan fingerprint density at radius 1 is 1.29 bits per heavy atom. The highest BCUT2D eigenvalue weighted by molar-refractivity contribution is 7.13. The van der Waals surface area contributed by atoms with E-state index in [9.17, 15) is 0 Å². The fourth-order valence-corrected chi connectivity index (χ4v) is 2.48. The van der Waals surface area contributed by atoms with E-state index < -0.39 is 0 Å². The molecule has 3 aromatic rings. The summed E-state index contributed by atoms with van der Waals surface area (Å²) in [6.45, 7) is 0. The van der Waals surface area contributed by atoms with Crippen molar-refractivity contribution < 1.29 is 0 Å². The van der Waals surface area contributed by atoms with Crippen molar-refractivity contribution in [3.8, 4) is 0 Å². The van der Waals surface area contributed by atoms with Gasteiger partial charge in [0.25, 0.3) is 0 Å². The van der Waals surface area contributed by atoms with E-state index in [-0.39, 0.29) is 0 Å². The number of anilines is 1. The number of para-hydroxylation sites is 2. The second-order valence-electron chi connectivity index (χ2n) is 3.93. The van der Waals surface area contributed by atoms with Crippen LogP contribution in [-0.4, -0.2) is 14.5 Å². The summed E-state index contributed by atoms with van der Waals surface area (Å²) >= 11 is 1.47. The molecule has 0 bridgehead atoms. The van der Waals surface area contributed by atoms with Gasteiger partial charge >= 0.3 is 0 Å². The van der Waals surface area contributed by atoms with Gasteiger partial charge in [0, 0.05) is 18.8 Å². The fraction of sp³-hybridized carbons (Fsp3) is 0.167. The first-order valence-corrected chi connectivity index (χ1v) is 6.22. The normalized spacial score (nSPS) is 11.1. The van der Waals surface area contributed by atoms with Crippen LogP contribution < -0.4 is 5.73 Å². The summed E-state index contributed by atoms with van der Waals surface area (Å²) < 4.78 is 2.10. The van der Waals surface area contributed by atoms with Gasteiger partial charge in [0.05, 0.1) is 16.7 Å². The van der Waals surface area contributed by atoms with Crippen molar-refractivity contribution in [1.82, 2.24) is 14.5 Å². The number of rotatable bonds is 2. The third-order valence-electron chi connectivity index (χ3n) is 2.79. The molecule has 2 aromatic heterocycles. The SMILES string of the molecule is Cn1c(Cc2csc(N)n2)nc2ccccc21. The first kappa shape index (κ1) is 10.3. The monoisotopic (exact) mass is 244 g/mol. The van der Waals surface area contributed by atoms with Gasteiger partial charge in [-0.05, 0) is 12.1 Å². The average molecular weight is 244 g/mol. The Morgan fingerprint density at radius 3 is 2.82 bits per heavy atom. The molecule has 0 radical (unpaired) electrons. The van der Waals surface area contributed by atoms with Gasteiger partial charge in [-0.15, -0.1) is 11.3 Å². The van der Waals surface area contributed by atoms with Crippen LogP contribution in [0.3, 0.4) is 0 Å². The predicted molar refractivity (Wildman–Crippen MR) is 70.0 cm³/mol. The Hall–Kier alpha value is -1.88. The van der Waals surface area contributed by atoms with Gasteiger partial charge in [-0.3, -0.25) is 0 Å². The quantitative estimate of drug-likeness (QED) is 0.752. The summed E-state index contributed by atoms with van der Waals surface area (Å²) in [6.07, 6.45) is 0.721. The van der Waals surface area contributed by atoms with Gasteiger partial charge in [0.1, 0.15) is 5.82 Å². The fourth-order valence-electron chi connectivity index (χ4n) is 1.92. The first-order chi connectivity index (χ1) is 8.24. The van der Waals surface area contributed by atoms with Crippen LogP contribution in [0.5, 0.6) is 0 Å². The number of aromatic nitrogens is 3. The first-order valence-electron chi connectivity index (χ1n) is 5.34. The molecule has 3 rings (SSSR count). The number of nitrogens with two attached hydrogens (primary N) is 1. The molecule has 0 aliphatic heterocycles. The molecule has 5 heteroatoms. The Balaban J connectivity index is 2.03. The molecule has 1 aromatic carbocycles. The van der Waals surface area contributed by atoms with Crippen molar-refractivity contribution >= 4 is 27.5 Å². The molecule has 0 atom stereocenters. The molecular weight excluding hydrogens is 232 g/mol. The molecule has 2 N–H and O–H groups in total. The topological polar surface area (TPSA) is 56.7 Å². The number of hydrogen-bond donors (Lipinski definition) is 1. The van der Waals surface area contributed by atoms with Crippen LogP contribution in [0.1, 0.15) is 11.5 Å². The molecule has 0 aliphatic rings. The maximum absolute atomic E-state index is 5.63. The molecule has 0 saturated carbocycles. The lowest BCUT2D eigenvalue weighted by atomic mass is 10.3. The number of nitrogen functional groups attached to an aromatic ring is 1. The van der Waals surface area contributed by atoms with E-state index in [0.29, 0.717) is 5.13 Å². The molecule has 0 saturated heterocycles. The number of fused-ring (bicyclic) bond motifs is 1. The average Bonchev–Trinajstić information content (AvgIpc) is 2.86. The number of imidazole rings is 1. The zero-order chi connectivity index (χ0) is 11.8. The van der Waals surface area contributed by atoms with Crippen molar-refractivity contribution in [3.63, 3.8) is 0 Å². The largest absolute Gasteiger partial charge is 0.375 e. The van der Waals surface area contributed by atoms with Crippen LogP contribution in [0.4, 0.5) is 5.13 Å². The van der Waals surface area contributed by atoms with Crippen LogP contribution in [0.2, 0.25) is 0 Å². The van der Waals surface area contributed by atoms with E-state index in [0.717, 1.165) is 29.0 Å². The smallest absolute Gasteiger partial charge is 0.180 e. The highest BCUT2D eigenvalue weighted by atomic mass is 32.1. The minimum absolute atomic E-state index is 0.610. The summed E-state index contributed by atoms with van der Waals surface area (Å²) in [4.78, 5) is 8.86. The molecule has 0 unspecified atom stereocenters. The minimum atomic E-state index is 0.610. The maximum Gasteiger partial charge on any atom is 0.180 e. The van der Waals surface area contributed by atoms with Crippen LogP contribution >= 0.6 is 11.3 Å². The lowest BCUT2D eigenvalue weighted by Crippen LogP contribution is -1.99. The number of nitrogens with zero attached hydrogens (tertiary/aromatic N) is 3. The van der Waals surface area contributed by atoms with Crippen LogP contribution in [0, 0.1) is 0 Å². The zero-order valence-corrected chi connectivity index (χ0v) is 10.2. The standard InChI is InChI=1S/C12H12N4S/c1-16-10-5-3-2-4-9(10)15-11(16)6-8-7-17-12(13)14-8/h2-5,7H,6H2,1H3,(H2,13,14). The minimum Gasteiger partial charge on any atom is -0.375 e. The Kier molecular flexibility index (Phi) is 2.33. The Bertz CT molecular complexity index is 668. The molecule has 0 amide bonds. The Morgan fingerprint density at radius 2 is 2.12 bits per heavy atom. The van der Waals surface area contributed by atoms with Crippen molar-refractivity contribution in [2.45, 2.75) is 6.42 Å². The van der Waals surface area contributed by atoms with Gasteiger partial charge in [0.2, 0.25) is 0 Å². The second kappa shape index (κ2) is 3.85. The summed E-state index contributed by atoms with van der Waals surface area (Å²) in [7, 11) is 2.03. The van der Waals surface area contributed by atoms with Crippen molar-refractivity contribution in [1.29, 1.82) is 0 Å². The van der Waals surface area contributed by atoms with Gasteiger partial charge in [0.15, 0.2) is 5.13 Å². The zero-order valence-electron chi connectivity index (χ0n) is 9.42. The molecule has 86 valence electrons. The highest BCUT2D eigenvalue weighted by Crippen LogP contribution is 2.18.